The second-order valence-corrected chi connectivity index (χ2v) is 9.32. The predicted octanol–water partition coefficient (Wildman–Crippen LogP) is 3.12. The molecular formula is C19H26N6O2S2. The maximum atomic E-state index is 12.5. The van der Waals surface area contributed by atoms with Gasteiger partial charge in [-0.3, -0.25) is 9.67 Å². The molecule has 10 heteroatoms. The van der Waals surface area contributed by atoms with Crippen molar-refractivity contribution < 1.29 is 8.42 Å². The molecule has 8 nitrogen and oxygen atoms in total. The van der Waals surface area contributed by atoms with Gasteiger partial charge in [0.2, 0.25) is 10.0 Å². The van der Waals surface area contributed by atoms with Crippen LogP contribution in [0.5, 0.6) is 0 Å². The number of sulfonamides is 1. The molecule has 0 aliphatic carbocycles. The molecule has 2 N–H and O–H groups in total. The molecule has 0 spiro atoms. The molecule has 0 saturated carbocycles. The average molecular weight is 435 g/mol. The van der Waals surface area contributed by atoms with E-state index in [0.717, 1.165) is 42.3 Å². The first-order valence-electron chi connectivity index (χ1n) is 9.49. The summed E-state index contributed by atoms with van der Waals surface area (Å²) in [6.07, 6.45) is 4.38. The van der Waals surface area contributed by atoms with E-state index in [2.05, 4.69) is 25.1 Å². The summed E-state index contributed by atoms with van der Waals surface area (Å²) in [6, 6.07) is 5.77. The Morgan fingerprint density at radius 1 is 1.10 bits per heavy atom. The van der Waals surface area contributed by atoms with Crippen molar-refractivity contribution in [2.75, 3.05) is 18.4 Å². The number of anilines is 1. The van der Waals surface area contributed by atoms with Crippen molar-refractivity contribution in [3.63, 3.8) is 0 Å². The number of nitrogens with zero attached hydrogens (tertiary/aromatic N) is 4. The monoisotopic (exact) mass is 434 g/mol. The van der Waals surface area contributed by atoms with Gasteiger partial charge in [-0.25, -0.2) is 18.1 Å². The highest BCUT2D eigenvalue weighted by Gasteiger charge is 2.22. The van der Waals surface area contributed by atoms with Crippen LogP contribution in [0.3, 0.4) is 0 Å². The minimum atomic E-state index is -3.52. The van der Waals surface area contributed by atoms with Crippen LogP contribution in [0.1, 0.15) is 30.7 Å². The molecule has 0 aliphatic rings. The molecule has 0 saturated heterocycles. The number of pyridine rings is 1. The van der Waals surface area contributed by atoms with Crippen LogP contribution >= 0.6 is 11.3 Å². The Balaban J connectivity index is 1.37. The quantitative estimate of drug-likeness (QED) is 0.476. The lowest BCUT2D eigenvalue weighted by molar-refractivity contribution is 0.574. The van der Waals surface area contributed by atoms with Crippen LogP contribution in [0.2, 0.25) is 0 Å². The van der Waals surface area contributed by atoms with Gasteiger partial charge < -0.3 is 5.32 Å². The number of hydrogen-bond donors (Lipinski definition) is 2. The smallest absolute Gasteiger partial charge is 0.244 e. The van der Waals surface area contributed by atoms with E-state index in [1.165, 1.54) is 0 Å². The van der Waals surface area contributed by atoms with Crippen molar-refractivity contribution in [3.05, 3.63) is 41.2 Å². The van der Waals surface area contributed by atoms with Gasteiger partial charge in [0.15, 0.2) is 5.13 Å². The Hall–Kier alpha value is -2.30. The lowest BCUT2D eigenvalue weighted by Crippen LogP contribution is -2.26. The fourth-order valence-corrected chi connectivity index (χ4v) is 5.27. The fraction of sp³-hybridized carbons (Fsp3) is 0.421. The van der Waals surface area contributed by atoms with Gasteiger partial charge in [0.25, 0.3) is 0 Å². The maximum absolute atomic E-state index is 12.5. The summed E-state index contributed by atoms with van der Waals surface area (Å²) in [7, 11) is -1.78. The van der Waals surface area contributed by atoms with E-state index in [1.54, 1.807) is 43.1 Å². The predicted molar refractivity (Wildman–Crippen MR) is 116 cm³/mol. The lowest BCUT2D eigenvalue weighted by Gasteiger charge is -2.07. The molecule has 0 aromatic carbocycles. The summed E-state index contributed by atoms with van der Waals surface area (Å²) in [4.78, 5) is 9.13. The van der Waals surface area contributed by atoms with Gasteiger partial charge in [0.05, 0.1) is 17.1 Å². The summed E-state index contributed by atoms with van der Waals surface area (Å²) < 4.78 is 29.3. The van der Waals surface area contributed by atoms with E-state index in [-0.39, 0.29) is 4.90 Å². The molecule has 29 heavy (non-hydrogen) atoms. The third-order valence-electron chi connectivity index (χ3n) is 4.56. The molecule has 0 radical (unpaired) electrons. The molecule has 3 rings (SSSR count). The fourth-order valence-electron chi connectivity index (χ4n) is 3.03. The molecule has 156 valence electrons. The zero-order valence-electron chi connectivity index (χ0n) is 16.8. The van der Waals surface area contributed by atoms with Crippen LogP contribution in [-0.4, -0.2) is 41.3 Å². The molecule has 0 atom stereocenters. The van der Waals surface area contributed by atoms with Crippen molar-refractivity contribution in [2.45, 2.75) is 38.0 Å². The second kappa shape index (κ2) is 9.47. The number of aryl methyl sites for hydroxylation is 2. The lowest BCUT2D eigenvalue weighted by atomic mass is 10.2. The highest BCUT2D eigenvalue weighted by molar-refractivity contribution is 7.89. The first-order chi connectivity index (χ1) is 13.9. The van der Waals surface area contributed by atoms with E-state index < -0.39 is 10.0 Å². The van der Waals surface area contributed by atoms with E-state index in [0.29, 0.717) is 17.9 Å². The Labute approximate surface area is 175 Å². The molecule has 0 aliphatic heterocycles. The zero-order valence-corrected chi connectivity index (χ0v) is 18.5. The second-order valence-electron chi connectivity index (χ2n) is 6.76. The van der Waals surface area contributed by atoms with E-state index in [4.69, 9.17) is 0 Å². The number of nitrogens with one attached hydrogen (secondary N) is 2. The van der Waals surface area contributed by atoms with E-state index in [9.17, 15) is 8.42 Å². The number of thiazole rings is 1. The summed E-state index contributed by atoms with van der Waals surface area (Å²) in [5, 5.41) is 10.3. The van der Waals surface area contributed by atoms with Crippen LogP contribution in [-0.2, 0) is 17.1 Å². The highest BCUT2D eigenvalue weighted by atomic mass is 32.2. The molecule has 0 fully saturated rings. The molecule has 3 heterocycles. The Morgan fingerprint density at radius 2 is 1.90 bits per heavy atom. The minimum absolute atomic E-state index is 0.286. The van der Waals surface area contributed by atoms with Gasteiger partial charge in [0, 0.05) is 31.7 Å². The molecule has 3 aromatic heterocycles. The number of hydrogen-bond acceptors (Lipinski definition) is 7. The maximum Gasteiger partial charge on any atom is 0.244 e. The molecular weight excluding hydrogens is 408 g/mol. The number of rotatable bonds is 10. The minimum Gasteiger partial charge on any atom is -0.362 e. The Kier molecular flexibility index (Phi) is 6.99. The highest BCUT2D eigenvalue weighted by Crippen LogP contribution is 2.23. The van der Waals surface area contributed by atoms with Gasteiger partial charge in [-0.2, -0.15) is 5.10 Å². The first-order valence-corrected chi connectivity index (χ1v) is 11.9. The number of aromatic nitrogens is 4. The topological polar surface area (TPSA) is 102 Å². The molecule has 0 unspecified atom stereocenters. The third kappa shape index (κ3) is 5.40. The SMILES string of the molecule is Cc1nn(C)c(C)c1S(=O)(=O)NCCCCCNc1nc(-c2ccccn2)cs1. The van der Waals surface area contributed by atoms with Crippen LogP contribution in [0.15, 0.2) is 34.7 Å². The van der Waals surface area contributed by atoms with Crippen LogP contribution < -0.4 is 10.0 Å². The first kappa shape index (κ1) is 21.4. The third-order valence-corrected chi connectivity index (χ3v) is 7.08. The van der Waals surface area contributed by atoms with Crippen molar-refractivity contribution >= 4 is 26.5 Å². The van der Waals surface area contributed by atoms with E-state index >= 15 is 0 Å². The summed E-state index contributed by atoms with van der Waals surface area (Å²) in [5.41, 5.74) is 2.90. The van der Waals surface area contributed by atoms with Crippen molar-refractivity contribution in [1.29, 1.82) is 0 Å². The zero-order chi connectivity index (χ0) is 20.9. The standard InChI is InChI=1S/C19H26N6O2S2/c1-14-18(15(2)25(3)24-14)29(26,27)22-12-7-4-6-11-21-19-23-17(13-28-19)16-9-5-8-10-20-16/h5,8-10,13,22H,4,6-7,11-12H2,1-3H3,(H,21,23). The van der Waals surface area contributed by atoms with E-state index in [1.807, 2.05) is 23.6 Å². The Bertz CT molecular complexity index is 1040. The van der Waals surface area contributed by atoms with Gasteiger partial charge >= 0.3 is 0 Å². The summed E-state index contributed by atoms with van der Waals surface area (Å²) in [5.74, 6) is 0. The van der Waals surface area contributed by atoms with Crippen molar-refractivity contribution in [1.82, 2.24) is 24.5 Å². The van der Waals surface area contributed by atoms with Gasteiger partial charge in [0.1, 0.15) is 10.6 Å². The van der Waals surface area contributed by atoms with Crippen LogP contribution in [0.25, 0.3) is 11.4 Å². The molecule has 3 aromatic rings. The molecule has 0 amide bonds. The largest absolute Gasteiger partial charge is 0.362 e. The average Bonchev–Trinajstić information content (AvgIpc) is 3.26. The van der Waals surface area contributed by atoms with Crippen LogP contribution in [0, 0.1) is 13.8 Å². The van der Waals surface area contributed by atoms with Gasteiger partial charge in [-0.15, -0.1) is 11.3 Å². The Morgan fingerprint density at radius 3 is 2.59 bits per heavy atom. The van der Waals surface area contributed by atoms with Gasteiger partial charge in [-0.1, -0.05) is 12.5 Å². The van der Waals surface area contributed by atoms with Crippen molar-refractivity contribution in [3.8, 4) is 11.4 Å². The summed E-state index contributed by atoms with van der Waals surface area (Å²) in [6.45, 7) is 4.68. The van der Waals surface area contributed by atoms with Crippen molar-refractivity contribution in [2.24, 2.45) is 7.05 Å². The number of unbranched alkanes of at least 4 members (excludes halogenated alkanes) is 2. The summed E-state index contributed by atoms with van der Waals surface area (Å²) >= 11 is 1.56. The molecule has 0 bridgehead atoms. The normalized spacial score (nSPS) is 11.7. The van der Waals surface area contributed by atoms with Crippen LogP contribution in [0.4, 0.5) is 5.13 Å². The van der Waals surface area contributed by atoms with Gasteiger partial charge in [-0.05, 0) is 38.8 Å².